The summed E-state index contributed by atoms with van der Waals surface area (Å²) in [5.41, 5.74) is 2.09. The third-order valence-corrected chi connectivity index (χ3v) is 5.08. The lowest BCUT2D eigenvalue weighted by atomic mass is 9.76. The fourth-order valence-corrected chi connectivity index (χ4v) is 3.88. The minimum Gasteiger partial charge on any atom is -0.497 e. The number of ketones is 1. The zero-order valence-corrected chi connectivity index (χ0v) is 12.8. The fraction of sp³-hybridized carbons (Fsp3) is 0.526. The summed E-state index contributed by atoms with van der Waals surface area (Å²) in [7, 11) is 1.67. The van der Waals surface area contributed by atoms with Crippen LogP contribution in [0, 0.1) is 11.8 Å². The third kappa shape index (κ3) is 3.37. The van der Waals surface area contributed by atoms with Crippen molar-refractivity contribution < 1.29 is 9.53 Å². The number of Topliss-reactive ketones (excluding diaryl/α,β-unsaturated/α-hetero) is 1. The molecule has 2 fully saturated rings. The highest BCUT2D eigenvalue weighted by Crippen LogP contribution is 2.40. The summed E-state index contributed by atoms with van der Waals surface area (Å²) in [5, 5.41) is 0. The van der Waals surface area contributed by atoms with E-state index in [1.54, 1.807) is 7.11 Å². The lowest BCUT2D eigenvalue weighted by molar-refractivity contribution is -0.117. The van der Waals surface area contributed by atoms with E-state index in [0.29, 0.717) is 5.78 Å². The highest BCUT2D eigenvalue weighted by molar-refractivity contribution is 6.00. The van der Waals surface area contributed by atoms with Crippen LogP contribution >= 0.6 is 0 Å². The van der Waals surface area contributed by atoms with Gasteiger partial charge >= 0.3 is 0 Å². The minimum absolute atomic E-state index is 0.340. The molecular formula is C19H24O2. The number of carbonyl (C=O) groups is 1. The Hall–Kier alpha value is -1.57. The van der Waals surface area contributed by atoms with E-state index in [1.807, 2.05) is 24.3 Å². The Morgan fingerprint density at radius 1 is 1.14 bits per heavy atom. The number of hydrogen-bond donors (Lipinski definition) is 0. The van der Waals surface area contributed by atoms with Gasteiger partial charge in [0.25, 0.3) is 0 Å². The van der Waals surface area contributed by atoms with Gasteiger partial charge in [0.15, 0.2) is 5.78 Å². The Balaban J connectivity index is 1.77. The van der Waals surface area contributed by atoms with Crippen molar-refractivity contribution in [2.75, 3.05) is 7.11 Å². The van der Waals surface area contributed by atoms with Crippen molar-refractivity contribution in [3.63, 3.8) is 0 Å². The Labute approximate surface area is 127 Å². The van der Waals surface area contributed by atoms with E-state index < -0.39 is 0 Å². The molecule has 2 aliphatic carbocycles. The number of ether oxygens (including phenoxy) is 1. The van der Waals surface area contributed by atoms with Gasteiger partial charge in [-0.2, -0.15) is 0 Å². The van der Waals surface area contributed by atoms with Crippen LogP contribution in [-0.4, -0.2) is 12.9 Å². The van der Waals surface area contributed by atoms with Gasteiger partial charge in [0.05, 0.1) is 7.11 Å². The van der Waals surface area contributed by atoms with E-state index in [1.165, 1.54) is 25.7 Å². The summed E-state index contributed by atoms with van der Waals surface area (Å²) in [6, 6.07) is 7.96. The van der Waals surface area contributed by atoms with Gasteiger partial charge in [0.2, 0.25) is 0 Å². The maximum atomic E-state index is 12.2. The van der Waals surface area contributed by atoms with E-state index in [0.717, 1.165) is 48.0 Å². The van der Waals surface area contributed by atoms with Crippen LogP contribution in [0.5, 0.6) is 5.75 Å². The Morgan fingerprint density at radius 3 is 2.71 bits per heavy atom. The first-order valence-corrected chi connectivity index (χ1v) is 8.14. The molecule has 0 amide bonds. The summed E-state index contributed by atoms with van der Waals surface area (Å²) < 4.78 is 5.26. The molecule has 0 N–H and O–H groups in total. The molecule has 2 heteroatoms. The predicted molar refractivity (Wildman–Crippen MR) is 85.3 cm³/mol. The molecule has 1 aromatic carbocycles. The van der Waals surface area contributed by atoms with Crippen molar-refractivity contribution in [2.24, 2.45) is 11.8 Å². The molecule has 1 atom stereocenters. The van der Waals surface area contributed by atoms with Crippen LogP contribution in [0.4, 0.5) is 0 Å². The first kappa shape index (κ1) is 14.4. The smallest absolute Gasteiger partial charge is 0.158 e. The summed E-state index contributed by atoms with van der Waals surface area (Å²) in [4.78, 5) is 12.2. The van der Waals surface area contributed by atoms with E-state index in [9.17, 15) is 4.79 Å². The number of rotatable bonds is 3. The normalized spacial score (nSPS) is 25.5. The van der Waals surface area contributed by atoms with Gasteiger partial charge < -0.3 is 4.74 Å². The van der Waals surface area contributed by atoms with Crippen molar-refractivity contribution in [3.8, 4) is 5.75 Å². The van der Waals surface area contributed by atoms with Crippen LogP contribution in [0.15, 0.2) is 29.8 Å². The SMILES string of the molecule is COc1cccc(C=C2CC(C3CCCC3)CCC2=O)c1. The molecule has 0 bridgehead atoms. The molecular weight excluding hydrogens is 260 g/mol. The largest absolute Gasteiger partial charge is 0.497 e. The number of benzene rings is 1. The standard InChI is InChI=1S/C19H24O2/c1-21-18-8-4-5-14(12-18)11-17-13-16(9-10-19(17)20)15-6-2-3-7-15/h4-5,8,11-12,15-16H,2-3,6-7,9-10,13H2,1H3. The average molecular weight is 284 g/mol. The predicted octanol–water partition coefficient (Wildman–Crippen LogP) is 4.64. The third-order valence-electron chi connectivity index (χ3n) is 5.08. The second kappa shape index (κ2) is 6.46. The number of hydrogen-bond acceptors (Lipinski definition) is 2. The number of allylic oxidation sites excluding steroid dienone is 1. The van der Waals surface area contributed by atoms with Gasteiger partial charge in [-0.1, -0.05) is 37.8 Å². The van der Waals surface area contributed by atoms with Gasteiger partial charge in [0.1, 0.15) is 5.75 Å². The molecule has 0 saturated heterocycles. The summed E-state index contributed by atoms with van der Waals surface area (Å²) in [6.07, 6.45) is 10.4. The van der Waals surface area contributed by atoms with Crippen molar-refractivity contribution >= 4 is 11.9 Å². The van der Waals surface area contributed by atoms with E-state index in [-0.39, 0.29) is 0 Å². The Morgan fingerprint density at radius 2 is 1.95 bits per heavy atom. The van der Waals surface area contributed by atoms with E-state index in [2.05, 4.69) is 6.08 Å². The summed E-state index contributed by atoms with van der Waals surface area (Å²) >= 11 is 0. The van der Waals surface area contributed by atoms with Crippen LogP contribution in [-0.2, 0) is 4.79 Å². The van der Waals surface area contributed by atoms with E-state index >= 15 is 0 Å². The molecule has 2 nitrogen and oxygen atoms in total. The molecule has 0 spiro atoms. The second-order valence-electron chi connectivity index (χ2n) is 6.42. The fourth-order valence-electron chi connectivity index (χ4n) is 3.88. The van der Waals surface area contributed by atoms with Crippen molar-refractivity contribution in [1.82, 2.24) is 0 Å². The van der Waals surface area contributed by atoms with Crippen molar-refractivity contribution in [1.29, 1.82) is 0 Å². The average Bonchev–Trinajstić information content (AvgIpc) is 3.04. The zero-order valence-electron chi connectivity index (χ0n) is 12.8. The van der Waals surface area contributed by atoms with Crippen LogP contribution in [0.1, 0.15) is 50.5 Å². The highest BCUT2D eigenvalue weighted by atomic mass is 16.5. The minimum atomic E-state index is 0.340. The van der Waals surface area contributed by atoms with Gasteiger partial charge in [-0.05, 0) is 54.0 Å². The topological polar surface area (TPSA) is 26.3 Å². The van der Waals surface area contributed by atoms with Crippen LogP contribution < -0.4 is 4.74 Å². The van der Waals surface area contributed by atoms with Gasteiger partial charge in [-0.15, -0.1) is 0 Å². The molecule has 2 saturated carbocycles. The molecule has 2 aliphatic rings. The van der Waals surface area contributed by atoms with Crippen LogP contribution in [0.25, 0.3) is 6.08 Å². The number of carbonyl (C=O) groups excluding carboxylic acids is 1. The van der Waals surface area contributed by atoms with Crippen molar-refractivity contribution in [3.05, 3.63) is 35.4 Å². The zero-order chi connectivity index (χ0) is 14.7. The van der Waals surface area contributed by atoms with Gasteiger partial charge in [-0.25, -0.2) is 0 Å². The maximum absolute atomic E-state index is 12.2. The van der Waals surface area contributed by atoms with Crippen molar-refractivity contribution in [2.45, 2.75) is 44.9 Å². The lowest BCUT2D eigenvalue weighted by Crippen LogP contribution is -2.22. The molecule has 1 unspecified atom stereocenters. The monoisotopic (exact) mass is 284 g/mol. The van der Waals surface area contributed by atoms with Crippen LogP contribution in [0.3, 0.4) is 0 Å². The van der Waals surface area contributed by atoms with Gasteiger partial charge in [-0.3, -0.25) is 4.79 Å². The van der Waals surface area contributed by atoms with Crippen LogP contribution in [0.2, 0.25) is 0 Å². The molecule has 0 radical (unpaired) electrons. The Bertz CT molecular complexity index is 538. The quantitative estimate of drug-likeness (QED) is 0.756. The Kier molecular flexibility index (Phi) is 4.42. The lowest BCUT2D eigenvalue weighted by Gasteiger charge is -2.28. The maximum Gasteiger partial charge on any atom is 0.158 e. The highest BCUT2D eigenvalue weighted by Gasteiger charge is 2.30. The first-order valence-electron chi connectivity index (χ1n) is 8.14. The van der Waals surface area contributed by atoms with Gasteiger partial charge in [0, 0.05) is 6.42 Å². The summed E-state index contributed by atoms with van der Waals surface area (Å²) in [6.45, 7) is 0. The summed E-state index contributed by atoms with van der Waals surface area (Å²) in [5.74, 6) is 2.76. The number of methoxy groups -OCH3 is 1. The molecule has 21 heavy (non-hydrogen) atoms. The molecule has 0 heterocycles. The second-order valence-corrected chi connectivity index (χ2v) is 6.42. The first-order chi connectivity index (χ1) is 10.3. The molecule has 112 valence electrons. The molecule has 0 aliphatic heterocycles. The molecule has 3 rings (SSSR count). The molecule has 1 aromatic rings. The van der Waals surface area contributed by atoms with E-state index in [4.69, 9.17) is 4.74 Å². The molecule has 0 aromatic heterocycles.